The third kappa shape index (κ3) is 3.37. The third-order valence-electron chi connectivity index (χ3n) is 3.77. The maximum atomic E-state index is 13.0. The summed E-state index contributed by atoms with van der Waals surface area (Å²) in [6.45, 7) is 2.58. The second kappa shape index (κ2) is 7.20. The highest BCUT2D eigenvalue weighted by Gasteiger charge is 2.19. The molecule has 0 bridgehead atoms. The minimum atomic E-state index is -2.76. The lowest BCUT2D eigenvalue weighted by atomic mass is 10.2. The summed E-state index contributed by atoms with van der Waals surface area (Å²) in [4.78, 5) is 0. The number of benzene rings is 1. The first-order chi connectivity index (χ1) is 13.1. The lowest BCUT2D eigenvalue weighted by molar-refractivity contribution is 0.137. The fourth-order valence-corrected chi connectivity index (χ4v) is 3.61. The number of nitrogens with zero attached hydrogens (tertiary/aromatic N) is 7. The van der Waals surface area contributed by atoms with Crippen LogP contribution in [0.1, 0.15) is 19.2 Å². The van der Waals surface area contributed by atoms with Crippen LogP contribution >= 0.6 is 23.4 Å². The van der Waals surface area contributed by atoms with Gasteiger partial charge < -0.3 is 4.57 Å². The van der Waals surface area contributed by atoms with E-state index in [0.717, 1.165) is 10.1 Å². The van der Waals surface area contributed by atoms with Crippen LogP contribution in [0.2, 0.25) is 5.02 Å². The van der Waals surface area contributed by atoms with Crippen molar-refractivity contribution in [3.8, 4) is 11.4 Å². The molecule has 0 fully saturated rings. The summed E-state index contributed by atoms with van der Waals surface area (Å²) >= 11 is 7.28. The summed E-state index contributed by atoms with van der Waals surface area (Å²) in [6, 6.07) is 10.6. The van der Waals surface area contributed by atoms with Gasteiger partial charge in [-0.15, -0.1) is 20.4 Å². The van der Waals surface area contributed by atoms with Crippen molar-refractivity contribution in [2.75, 3.05) is 0 Å². The van der Waals surface area contributed by atoms with Crippen LogP contribution in [0, 0.1) is 0 Å². The van der Waals surface area contributed by atoms with E-state index < -0.39 is 12.2 Å². The number of halogens is 3. The first kappa shape index (κ1) is 17.8. The molecular formula is C16H12ClF2N7S. The van der Waals surface area contributed by atoms with Gasteiger partial charge in [-0.1, -0.05) is 23.7 Å². The molecule has 0 N–H and O–H groups in total. The van der Waals surface area contributed by atoms with Gasteiger partial charge in [0.15, 0.2) is 16.6 Å². The Morgan fingerprint density at radius 3 is 2.70 bits per heavy atom. The van der Waals surface area contributed by atoms with Crippen molar-refractivity contribution >= 4 is 29.0 Å². The van der Waals surface area contributed by atoms with Crippen molar-refractivity contribution in [2.24, 2.45) is 0 Å². The van der Waals surface area contributed by atoms with Crippen LogP contribution in [-0.2, 0) is 6.54 Å². The molecule has 0 atom stereocenters. The Hall–Kier alpha value is -2.59. The highest BCUT2D eigenvalue weighted by Crippen LogP contribution is 2.29. The predicted octanol–water partition coefficient (Wildman–Crippen LogP) is 4.14. The van der Waals surface area contributed by atoms with Gasteiger partial charge in [-0.2, -0.15) is 9.61 Å². The van der Waals surface area contributed by atoms with Gasteiger partial charge in [0, 0.05) is 17.1 Å². The molecule has 0 radical (unpaired) electrons. The average Bonchev–Trinajstić information content (AvgIpc) is 3.25. The van der Waals surface area contributed by atoms with Crippen molar-refractivity contribution in [2.45, 2.75) is 30.1 Å². The third-order valence-corrected chi connectivity index (χ3v) is 4.92. The Balaban J connectivity index is 1.71. The molecule has 3 aromatic heterocycles. The lowest BCUT2D eigenvalue weighted by Gasteiger charge is -2.07. The van der Waals surface area contributed by atoms with Crippen molar-refractivity contribution in [3.05, 3.63) is 47.2 Å². The topological polar surface area (TPSA) is 73.8 Å². The number of fused-ring (bicyclic) bond motifs is 1. The molecule has 1 aromatic carbocycles. The van der Waals surface area contributed by atoms with Crippen LogP contribution < -0.4 is 0 Å². The smallest absolute Gasteiger partial charge is 0.299 e. The Morgan fingerprint density at radius 2 is 1.96 bits per heavy atom. The van der Waals surface area contributed by atoms with Crippen molar-refractivity contribution in [3.63, 3.8) is 0 Å². The second-order valence-corrected chi connectivity index (χ2v) is 6.89. The van der Waals surface area contributed by atoms with Gasteiger partial charge in [0.1, 0.15) is 5.03 Å². The molecule has 0 aliphatic heterocycles. The van der Waals surface area contributed by atoms with Gasteiger partial charge in [0.2, 0.25) is 5.82 Å². The standard InChI is InChI=1S/C16H12ClF2N7S/c1-2-25-14(9-4-3-5-10(17)8-9)21-23-16(25)27-12-7-6-11-20-22-15(13(18)19)26(11)24-12/h3-8,13H,2H2,1H3. The molecule has 3 heterocycles. The zero-order valence-corrected chi connectivity index (χ0v) is 15.5. The maximum Gasteiger partial charge on any atom is 0.299 e. The molecule has 0 aliphatic rings. The van der Waals surface area contributed by atoms with Gasteiger partial charge in [-0.05, 0) is 43.0 Å². The number of hydrogen-bond acceptors (Lipinski definition) is 6. The molecule has 0 spiro atoms. The summed E-state index contributed by atoms with van der Waals surface area (Å²) in [5, 5.41) is 21.5. The molecular weight excluding hydrogens is 396 g/mol. The Kier molecular flexibility index (Phi) is 4.75. The molecule has 27 heavy (non-hydrogen) atoms. The van der Waals surface area contributed by atoms with E-state index in [1.54, 1.807) is 18.2 Å². The van der Waals surface area contributed by atoms with E-state index in [1.807, 2.05) is 29.7 Å². The lowest BCUT2D eigenvalue weighted by Crippen LogP contribution is -2.02. The fraction of sp³-hybridized carbons (Fsp3) is 0.188. The van der Waals surface area contributed by atoms with Gasteiger partial charge in [0.25, 0.3) is 6.43 Å². The summed E-state index contributed by atoms with van der Waals surface area (Å²) in [5.74, 6) is 0.171. The first-order valence-corrected chi connectivity index (χ1v) is 9.13. The van der Waals surface area contributed by atoms with Crippen LogP contribution in [0.15, 0.2) is 46.6 Å². The molecule has 0 aliphatic carbocycles. The van der Waals surface area contributed by atoms with Crippen LogP contribution in [0.25, 0.3) is 17.0 Å². The van der Waals surface area contributed by atoms with Crippen LogP contribution in [0.4, 0.5) is 8.78 Å². The summed E-state index contributed by atoms with van der Waals surface area (Å²) < 4.78 is 29.0. The van der Waals surface area contributed by atoms with E-state index in [4.69, 9.17) is 11.6 Å². The van der Waals surface area contributed by atoms with E-state index in [9.17, 15) is 8.78 Å². The van der Waals surface area contributed by atoms with Gasteiger partial charge in [-0.25, -0.2) is 8.78 Å². The Labute approximate surface area is 161 Å². The van der Waals surface area contributed by atoms with E-state index >= 15 is 0 Å². The van der Waals surface area contributed by atoms with Crippen LogP contribution in [-0.4, -0.2) is 34.6 Å². The fourth-order valence-electron chi connectivity index (χ4n) is 2.56. The molecule has 0 saturated heterocycles. The molecule has 0 saturated carbocycles. The molecule has 0 amide bonds. The average molecular weight is 408 g/mol. The first-order valence-electron chi connectivity index (χ1n) is 7.94. The molecule has 4 aromatic rings. The van der Waals surface area contributed by atoms with Crippen molar-refractivity contribution in [1.29, 1.82) is 0 Å². The van der Waals surface area contributed by atoms with Crippen molar-refractivity contribution in [1.82, 2.24) is 34.6 Å². The second-order valence-electron chi connectivity index (χ2n) is 5.46. The summed E-state index contributed by atoms with van der Waals surface area (Å²) in [7, 11) is 0. The molecule has 11 heteroatoms. The molecule has 138 valence electrons. The van der Waals surface area contributed by atoms with E-state index in [-0.39, 0.29) is 5.65 Å². The normalized spacial score (nSPS) is 11.6. The van der Waals surface area contributed by atoms with Crippen LogP contribution in [0.5, 0.6) is 0 Å². The van der Waals surface area contributed by atoms with Gasteiger partial charge in [-0.3, -0.25) is 0 Å². The van der Waals surface area contributed by atoms with Gasteiger partial charge >= 0.3 is 0 Å². The summed E-state index contributed by atoms with van der Waals surface area (Å²) in [6.07, 6.45) is -2.76. The van der Waals surface area contributed by atoms with E-state index in [0.29, 0.717) is 27.6 Å². The Bertz CT molecular complexity index is 1110. The number of hydrogen-bond donors (Lipinski definition) is 0. The predicted molar refractivity (Wildman–Crippen MR) is 96.0 cm³/mol. The maximum absolute atomic E-state index is 13.0. The highest BCUT2D eigenvalue weighted by molar-refractivity contribution is 7.99. The minimum absolute atomic E-state index is 0.256. The quantitative estimate of drug-likeness (QED) is 0.495. The zero-order chi connectivity index (χ0) is 19.0. The number of alkyl halides is 2. The SMILES string of the molecule is CCn1c(Sc2ccc3nnc(C(F)F)n3n2)nnc1-c1cccc(Cl)c1. The van der Waals surface area contributed by atoms with Crippen LogP contribution in [0.3, 0.4) is 0 Å². The van der Waals surface area contributed by atoms with Crippen molar-refractivity contribution < 1.29 is 8.78 Å². The molecule has 0 unspecified atom stereocenters. The van der Waals surface area contributed by atoms with E-state index in [1.165, 1.54) is 11.8 Å². The monoisotopic (exact) mass is 407 g/mol. The highest BCUT2D eigenvalue weighted by atomic mass is 35.5. The molecule has 7 nitrogen and oxygen atoms in total. The summed E-state index contributed by atoms with van der Waals surface area (Å²) in [5.41, 5.74) is 1.09. The Morgan fingerprint density at radius 1 is 1.11 bits per heavy atom. The minimum Gasteiger partial charge on any atom is -0.302 e. The number of aromatic nitrogens is 7. The zero-order valence-electron chi connectivity index (χ0n) is 13.9. The molecule has 4 rings (SSSR count). The van der Waals surface area contributed by atoms with Gasteiger partial charge in [0.05, 0.1) is 0 Å². The largest absolute Gasteiger partial charge is 0.302 e. The van der Waals surface area contributed by atoms with E-state index in [2.05, 4.69) is 25.5 Å². The number of rotatable bonds is 5.